The Morgan fingerprint density at radius 1 is 1.12 bits per heavy atom. The van der Waals surface area contributed by atoms with Crippen LogP contribution in [0.15, 0.2) is 55.5 Å². The van der Waals surface area contributed by atoms with Crippen LogP contribution >= 0.6 is 0 Å². The molecule has 3 aromatic rings. The molecule has 1 aliphatic rings. The Balaban J connectivity index is 1.41. The lowest BCUT2D eigenvalue weighted by molar-refractivity contribution is -0.106. The summed E-state index contributed by atoms with van der Waals surface area (Å²) in [4.78, 5) is 23.7. The van der Waals surface area contributed by atoms with Crippen LogP contribution in [0.1, 0.15) is 61.4 Å². The van der Waals surface area contributed by atoms with Crippen molar-refractivity contribution >= 4 is 29.2 Å². The van der Waals surface area contributed by atoms with Crippen LogP contribution in [0.25, 0.3) is 5.70 Å². The first-order valence-electron chi connectivity index (χ1n) is 13.6. The highest BCUT2D eigenvalue weighted by molar-refractivity contribution is 5.92. The van der Waals surface area contributed by atoms with Gasteiger partial charge in [-0.3, -0.25) is 19.7 Å². The van der Waals surface area contributed by atoms with Crippen LogP contribution in [0.3, 0.4) is 0 Å². The maximum absolute atomic E-state index is 14.8. The molecule has 40 heavy (non-hydrogen) atoms. The highest BCUT2D eigenvalue weighted by Gasteiger charge is 2.26. The lowest BCUT2D eigenvalue weighted by Gasteiger charge is -2.34. The van der Waals surface area contributed by atoms with E-state index in [0.717, 1.165) is 55.5 Å². The van der Waals surface area contributed by atoms with Crippen molar-refractivity contribution in [3.05, 3.63) is 83.7 Å². The number of halogens is 3. The molecule has 2 heterocycles. The van der Waals surface area contributed by atoms with E-state index in [1.807, 2.05) is 27.0 Å². The Labute approximate surface area is 233 Å². The first kappa shape index (κ1) is 29.1. The smallest absolute Gasteiger partial charge is 0.281 e. The summed E-state index contributed by atoms with van der Waals surface area (Å²) in [5.74, 6) is -0.0873. The number of pyridine rings is 2. The Kier molecular flexibility index (Phi) is 9.45. The lowest BCUT2D eigenvalue weighted by atomic mass is 9.85. The monoisotopic (exact) mass is 551 g/mol. The number of benzene rings is 1. The van der Waals surface area contributed by atoms with Gasteiger partial charge < -0.3 is 10.2 Å². The molecular formula is C31H36F3N5O. The van der Waals surface area contributed by atoms with Crippen molar-refractivity contribution in [2.75, 3.05) is 23.4 Å². The second-order valence-electron chi connectivity index (χ2n) is 10.4. The number of rotatable bonds is 11. The molecule has 0 saturated heterocycles. The molecule has 0 spiro atoms. The number of aryl methyl sites for hydroxylation is 2. The second-order valence-corrected chi connectivity index (χ2v) is 10.4. The van der Waals surface area contributed by atoms with Crippen molar-refractivity contribution in [3.8, 4) is 0 Å². The van der Waals surface area contributed by atoms with E-state index in [1.54, 1.807) is 30.6 Å². The van der Waals surface area contributed by atoms with Gasteiger partial charge in [0.05, 0.1) is 23.3 Å². The molecule has 1 saturated carbocycles. The minimum Gasteiger partial charge on any atom is -0.382 e. The molecule has 1 N–H and O–H groups in total. The van der Waals surface area contributed by atoms with Gasteiger partial charge in [-0.2, -0.15) is 0 Å². The van der Waals surface area contributed by atoms with Gasteiger partial charge in [-0.15, -0.1) is 0 Å². The topological polar surface area (TPSA) is 61.4 Å². The van der Waals surface area contributed by atoms with Gasteiger partial charge in [0.2, 0.25) is 6.41 Å². The molecule has 0 aliphatic heterocycles. The third kappa shape index (κ3) is 6.63. The molecule has 0 bridgehead atoms. The molecule has 1 aromatic carbocycles. The van der Waals surface area contributed by atoms with E-state index in [4.69, 9.17) is 0 Å². The van der Waals surface area contributed by atoms with E-state index in [2.05, 4.69) is 26.8 Å². The Morgan fingerprint density at radius 3 is 2.55 bits per heavy atom. The van der Waals surface area contributed by atoms with E-state index >= 15 is 0 Å². The zero-order valence-corrected chi connectivity index (χ0v) is 23.2. The summed E-state index contributed by atoms with van der Waals surface area (Å²) in [6.07, 6.45) is 7.00. The minimum absolute atomic E-state index is 0.135. The summed E-state index contributed by atoms with van der Waals surface area (Å²) < 4.78 is 41.7. The average Bonchev–Trinajstić information content (AvgIpc) is 2.95. The largest absolute Gasteiger partial charge is 0.382 e. The van der Waals surface area contributed by atoms with Crippen molar-refractivity contribution in [3.63, 3.8) is 0 Å². The van der Waals surface area contributed by atoms with E-state index in [0.29, 0.717) is 29.3 Å². The molecule has 0 atom stereocenters. The van der Waals surface area contributed by atoms with Gasteiger partial charge in [0, 0.05) is 43.3 Å². The molecule has 1 fully saturated rings. The number of nitrogens with one attached hydrogen (secondary N) is 1. The Bertz CT molecular complexity index is 1340. The fourth-order valence-electron chi connectivity index (χ4n) is 5.39. The molecular weight excluding hydrogens is 515 g/mol. The van der Waals surface area contributed by atoms with Crippen molar-refractivity contribution in [1.29, 1.82) is 0 Å². The number of anilines is 3. The van der Waals surface area contributed by atoms with Crippen LogP contribution < -0.4 is 15.1 Å². The van der Waals surface area contributed by atoms with E-state index in [-0.39, 0.29) is 17.4 Å². The molecule has 2 aromatic heterocycles. The molecule has 4 rings (SSSR count). The maximum atomic E-state index is 14.8. The third-order valence-electron chi connectivity index (χ3n) is 7.58. The number of carbonyl (C=O) groups excluding carboxylic acids is 1. The minimum atomic E-state index is -2.67. The number of hydrogen-bond donors (Lipinski definition) is 1. The molecule has 212 valence electrons. The van der Waals surface area contributed by atoms with Crippen LogP contribution in [0.2, 0.25) is 0 Å². The molecule has 0 unspecified atom stereocenters. The summed E-state index contributed by atoms with van der Waals surface area (Å²) >= 11 is 0. The van der Waals surface area contributed by atoms with Crippen LogP contribution in [0.5, 0.6) is 0 Å². The second kappa shape index (κ2) is 13.0. The number of carbonyl (C=O) groups is 1. The van der Waals surface area contributed by atoms with Crippen molar-refractivity contribution in [1.82, 2.24) is 15.3 Å². The summed E-state index contributed by atoms with van der Waals surface area (Å²) in [5.41, 5.74) is 3.81. The molecule has 6 nitrogen and oxygen atoms in total. The average molecular weight is 552 g/mol. The Morgan fingerprint density at radius 2 is 1.88 bits per heavy atom. The lowest BCUT2D eigenvalue weighted by Crippen LogP contribution is -2.36. The van der Waals surface area contributed by atoms with Gasteiger partial charge in [0.1, 0.15) is 11.5 Å². The van der Waals surface area contributed by atoms with Crippen LogP contribution in [-0.2, 0) is 11.2 Å². The normalized spacial score (nSPS) is 17.0. The number of alkyl halides is 2. The van der Waals surface area contributed by atoms with Gasteiger partial charge in [-0.1, -0.05) is 19.6 Å². The highest BCUT2D eigenvalue weighted by atomic mass is 19.3. The maximum Gasteiger partial charge on any atom is 0.281 e. The fraction of sp³-hybridized carbons (Fsp3) is 0.387. The third-order valence-corrected chi connectivity index (χ3v) is 7.58. The fourth-order valence-corrected chi connectivity index (χ4v) is 5.39. The predicted octanol–water partition coefficient (Wildman–Crippen LogP) is 6.97. The van der Waals surface area contributed by atoms with Gasteiger partial charge in [0.15, 0.2) is 0 Å². The predicted molar refractivity (Wildman–Crippen MR) is 153 cm³/mol. The number of nitrogens with zero attached hydrogens (tertiary/aromatic N) is 4. The van der Waals surface area contributed by atoms with Crippen molar-refractivity contribution in [2.45, 2.75) is 58.4 Å². The molecule has 0 radical (unpaired) electrons. The summed E-state index contributed by atoms with van der Waals surface area (Å²) in [7, 11) is 1.96. The van der Waals surface area contributed by atoms with Gasteiger partial charge in [0.25, 0.3) is 6.43 Å². The first-order chi connectivity index (χ1) is 19.2. The van der Waals surface area contributed by atoms with Crippen molar-refractivity contribution in [2.24, 2.45) is 5.92 Å². The van der Waals surface area contributed by atoms with Crippen molar-refractivity contribution < 1.29 is 18.0 Å². The highest BCUT2D eigenvalue weighted by Crippen LogP contribution is 2.36. The van der Waals surface area contributed by atoms with E-state index < -0.39 is 12.2 Å². The Hall–Kier alpha value is -3.88. The van der Waals surface area contributed by atoms with Crippen LogP contribution in [-0.4, -0.2) is 36.0 Å². The SMILES string of the molecule is C=C(NC1CCC(CN(C)c2ccncc2N(C=O)c2cc(CC)ccc2F)CC1)c1cc(C)cnc1C(F)F. The number of aromatic nitrogens is 2. The quantitative estimate of drug-likeness (QED) is 0.261. The standard InChI is InChI=1S/C31H36F3N5O/c1-5-22-8-11-26(32)28(15-22)39(19-40)29-17-35-13-12-27(29)38(4)18-23-6-9-24(10-7-23)37-21(3)25-14-20(2)16-36-30(25)31(33)34/h8,11-17,19,23-24,31,37H,3,5-7,9-10,18H2,1-2,4H3. The zero-order chi connectivity index (χ0) is 28.8. The van der Waals surface area contributed by atoms with Gasteiger partial charge in [-0.25, -0.2) is 13.2 Å². The number of hydrogen-bond acceptors (Lipinski definition) is 5. The molecule has 9 heteroatoms. The summed E-state index contributed by atoms with van der Waals surface area (Å²) in [5, 5.41) is 3.36. The van der Waals surface area contributed by atoms with Crippen LogP contribution in [0.4, 0.5) is 30.2 Å². The summed E-state index contributed by atoms with van der Waals surface area (Å²) in [6.45, 7) is 8.57. The number of amides is 1. The summed E-state index contributed by atoms with van der Waals surface area (Å²) in [6, 6.07) is 8.46. The van der Waals surface area contributed by atoms with Crippen LogP contribution in [0, 0.1) is 18.7 Å². The van der Waals surface area contributed by atoms with Gasteiger partial charge >= 0.3 is 0 Å². The first-order valence-corrected chi connectivity index (χ1v) is 13.6. The molecule has 1 amide bonds. The van der Waals surface area contributed by atoms with E-state index in [9.17, 15) is 18.0 Å². The zero-order valence-electron chi connectivity index (χ0n) is 23.2. The molecule has 1 aliphatic carbocycles. The van der Waals surface area contributed by atoms with Gasteiger partial charge in [-0.05, 0) is 80.3 Å². The van der Waals surface area contributed by atoms with E-state index in [1.165, 1.54) is 17.2 Å².